The highest BCUT2D eigenvalue weighted by atomic mass is 16.1. The van der Waals surface area contributed by atoms with Crippen molar-refractivity contribution < 1.29 is 4.79 Å². The molecule has 3 N–H and O–H groups in total. The SMILES string of the molecule is Cc1cc(C)c(CNC(=O)c2cccc(NCc3nnc(-c4ccncn4)n3C)c2)c(=O)[nH]1. The van der Waals surface area contributed by atoms with Crippen molar-refractivity contribution in [3.05, 3.63) is 87.5 Å². The molecule has 0 spiro atoms. The normalized spacial score (nSPS) is 10.8. The highest BCUT2D eigenvalue weighted by Crippen LogP contribution is 2.16. The molecule has 0 unspecified atom stereocenters. The summed E-state index contributed by atoms with van der Waals surface area (Å²) in [5.74, 6) is 1.10. The molecule has 0 saturated heterocycles. The molecule has 0 aliphatic heterocycles. The molecule has 0 saturated carbocycles. The van der Waals surface area contributed by atoms with Crippen molar-refractivity contribution in [2.45, 2.75) is 26.9 Å². The summed E-state index contributed by atoms with van der Waals surface area (Å²) in [5.41, 5.74) is 3.93. The number of aromatic nitrogens is 6. The molecule has 10 nitrogen and oxygen atoms in total. The quantitative estimate of drug-likeness (QED) is 0.398. The molecule has 1 amide bonds. The molecule has 168 valence electrons. The molecule has 0 bridgehead atoms. The molecule has 0 atom stereocenters. The first-order chi connectivity index (χ1) is 15.9. The van der Waals surface area contributed by atoms with Crippen LogP contribution in [0.3, 0.4) is 0 Å². The fourth-order valence-electron chi connectivity index (χ4n) is 3.48. The van der Waals surface area contributed by atoms with Gasteiger partial charge in [0.15, 0.2) is 11.6 Å². The summed E-state index contributed by atoms with van der Waals surface area (Å²) in [7, 11) is 1.87. The maximum absolute atomic E-state index is 12.7. The van der Waals surface area contributed by atoms with Gasteiger partial charge in [0.25, 0.3) is 11.5 Å². The second kappa shape index (κ2) is 9.43. The van der Waals surface area contributed by atoms with Crippen LogP contribution in [-0.2, 0) is 20.1 Å². The molecule has 1 aromatic carbocycles. The zero-order chi connectivity index (χ0) is 23.4. The Kier molecular flexibility index (Phi) is 6.25. The zero-order valence-corrected chi connectivity index (χ0v) is 18.6. The van der Waals surface area contributed by atoms with Crippen molar-refractivity contribution in [2.24, 2.45) is 7.05 Å². The van der Waals surface area contributed by atoms with E-state index in [1.807, 2.05) is 37.6 Å². The summed E-state index contributed by atoms with van der Waals surface area (Å²) in [5, 5.41) is 14.5. The van der Waals surface area contributed by atoms with E-state index in [-0.39, 0.29) is 18.0 Å². The number of nitrogens with one attached hydrogen (secondary N) is 3. The van der Waals surface area contributed by atoms with Crippen LogP contribution in [0.1, 0.15) is 33.0 Å². The zero-order valence-electron chi connectivity index (χ0n) is 18.6. The second-order valence-electron chi connectivity index (χ2n) is 7.65. The number of nitrogens with zero attached hydrogens (tertiary/aromatic N) is 5. The van der Waals surface area contributed by atoms with Crippen LogP contribution in [-0.4, -0.2) is 35.6 Å². The number of hydrogen-bond donors (Lipinski definition) is 3. The number of aromatic amines is 1. The largest absolute Gasteiger partial charge is 0.378 e. The Morgan fingerprint density at radius 3 is 2.73 bits per heavy atom. The monoisotopic (exact) mass is 444 g/mol. The first kappa shape index (κ1) is 21.9. The Bertz CT molecular complexity index is 1340. The molecule has 0 radical (unpaired) electrons. The summed E-state index contributed by atoms with van der Waals surface area (Å²) in [6, 6.07) is 10.8. The van der Waals surface area contributed by atoms with Crippen LogP contribution in [0.2, 0.25) is 0 Å². The topological polar surface area (TPSA) is 130 Å². The van der Waals surface area contributed by atoms with Crippen LogP contribution in [0.4, 0.5) is 5.69 Å². The van der Waals surface area contributed by atoms with Gasteiger partial charge < -0.3 is 20.2 Å². The van der Waals surface area contributed by atoms with Gasteiger partial charge in [-0.05, 0) is 49.7 Å². The van der Waals surface area contributed by atoms with E-state index in [1.165, 1.54) is 6.33 Å². The lowest BCUT2D eigenvalue weighted by Gasteiger charge is -2.10. The minimum Gasteiger partial charge on any atom is -0.378 e. The number of carbonyl (C=O) groups excluding carboxylic acids is 1. The Morgan fingerprint density at radius 2 is 1.97 bits per heavy atom. The van der Waals surface area contributed by atoms with Gasteiger partial charge in [-0.2, -0.15) is 0 Å². The van der Waals surface area contributed by atoms with E-state index in [4.69, 9.17) is 0 Å². The van der Waals surface area contributed by atoms with Gasteiger partial charge in [-0.25, -0.2) is 9.97 Å². The number of carbonyl (C=O) groups is 1. The molecule has 0 aliphatic carbocycles. The molecular weight excluding hydrogens is 420 g/mol. The summed E-state index contributed by atoms with van der Waals surface area (Å²) >= 11 is 0. The number of hydrogen-bond acceptors (Lipinski definition) is 7. The maximum atomic E-state index is 12.7. The third-order valence-electron chi connectivity index (χ3n) is 5.27. The average molecular weight is 444 g/mol. The Morgan fingerprint density at radius 1 is 1.12 bits per heavy atom. The van der Waals surface area contributed by atoms with Gasteiger partial charge in [-0.15, -0.1) is 10.2 Å². The number of anilines is 1. The van der Waals surface area contributed by atoms with E-state index in [2.05, 4.69) is 35.8 Å². The van der Waals surface area contributed by atoms with Crippen LogP contribution >= 0.6 is 0 Å². The highest BCUT2D eigenvalue weighted by Gasteiger charge is 2.13. The molecule has 0 fully saturated rings. The number of aryl methyl sites for hydroxylation is 2. The molecule has 4 rings (SSSR count). The van der Waals surface area contributed by atoms with Crippen molar-refractivity contribution in [3.63, 3.8) is 0 Å². The van der Waals surface area contributed by atoms with E-state index < -0.39 is 0 Å². The third-order valence-corrected chi connectivity index (χ3v) is 5.27. The van der Waals surface area contributed by atoms with E-state index >= 15 is 0 Å². The van der Waals surface area contributed by atoms with E-state index in [0.29, 0.717) is 35.0 Å². The predicted molar refractivity (Wildman–Crippen MR) is 124 cm³/mol. The van der Waals surface area contributed by atoms with Crippen molar-refractivity contribution in [2.75, 3.05) is 5.32 Å². The van der Waals surface area contributed by atoms with Crippen molar-refractivity contribution in [1.29, 1.82) is 0 Å². The van der Waals surface area contributed by atoms with Crippen LogP contribution < -0.4 is 16.2 Å². The minimum atomic E-state index is -0.261. The molecule has 3 heterocycles. The van der Waals surface area contributed by atoms with Crippen LogP contribution in [0, 0.1) is 13.8 Å². The van der Waals surface area contributed by atoms with E-state index in [0.717, 1.165) is 16.9 Å². The maximum Gasteiger partial charge on any atom is 0.253 e. The van der Waals surface area contributed by atoms with Crippen molar-refractivity contribution in [3.8, 4) is 11.5 Å². The lowest BCUT2D eigenvalue weighted by Crippen LogP contribution is -2.28. The van der Waals surface area contributed by atoms with E-state index in [9.17, 15) is 9.59 Å². The minimum absolute atomic E-state index is 0.155. The van der Waals surface area contributed by atoms with Gasteiger partial charge in [0, 0.05) is 42.3 Å². The molecule has 4 aromatic rings. The van der Waals surface area contributed by atoms with Gasteiger partial charge in [0.2, 0.25) is 0 Å². The lowest BCUT2D eigenvalue weighted by atomic mass is 10.1. The third kappa shape index (κ3) is 4.95. The van der Waals surface area contributed by atoms with Crippen molar-refractivity contribution >= 4 is 11.6 Å². The van der Waals surface area contributed by atoms with Gasteiger partial charge in [-0.3, -0.25) is 9.59 Å². The van der Waals surface area contributed by atoms with Crippen LogP contribution in [0.15, 0.2) is 53.7 Å². The number of benzene rings is 1. The standard InChI is InChI=1S/C23H24N8O2/c1-14-9-15(2)28-23(33)18(14)11-26-22(32)16-5-4-6-17(10-16)25-12-20-29-30-21(31(20)3)19-7-8-24-13-27-19/h4-10,13,25H,11-12H2,1-3H3,(H,26,32)(H,28,33). The Balaban J connectivity index is 1.41. The molecule has 33 heavy (non-hydrogen) atoms. The molecule has 0 aliphatic rings. The fraction of sp³-hybridized carbons (Fsp3) is 0.217. The highest BCUT2D eigenvalue weighted by molar-refractivity contribution is 5.95. The van der Waals surface area contributed by atoms with Crippen LogP contribution in [0.25, 0.3) is 11.5 Å². The number of amides is 1. The first-order valence-electron chi connectivity index (χ1n) is 10.4. The second-order valence-corrected chi connectivity index (χ2v) is 7.65. The smallest absolute Gasteiger partial charge is 0.253 e. The van der Waals surface area contributed by atoms with Crippen LogP contribution in [0.5, 0.6) is 0 Å². The van der Waals surface area contributed by atoms with Gasteiger partial charge in [0.05, 0.1) is 6.54 Å². The van der Waals surface area contributed by atoms with Gasteiger partial charge >= 0.3 is 0 Å². The summed E-state index contributed by atoms with van der Waals surface area (Å²) in [4.78, 5) is 35.7. The molecule has 3 aromatic heterocycles. The first-order valence-corrected chi connectivity index (χ1v) is 10.4. The van der Waals surface area contributed by atoms with Crippen molar-refractivity contribution in [1.82, 2.24) is 35.0 Å². The Hall–Kier alpha value is -4.34. The average Bonchev–Trinajstić information content (AvgIpc) is 3.18. The molecule has 10 heteroatoms. The summed E-state index contributed by atoms with van der Waals surface area (Å²) < 4.78 is 1.85. The molecular formula is C23H24N8O2. The fourth-order valence-corrected chi connectivity index (χ4v) is 3.48. The lowest BCUT2D eigenvalue weighted by molar-refractivity contribution is 0.0951. The summed E-state index contributed by atoms with van der Waals surface area (Å²) in [6.07, 6.45) is 3.12. The number of rotatable bonds is 7. The predicted octanol–water partition coefficient (Wildman–Crippen LogP) is 2.12. The summed E-state index contributed by atoms with van der Waals surface area (Å²) in [6.45, 7) is 4.25. The number of pyridine rings is 1. The Labute approximate surface area is 190 Å². The van der Waals surface area contributed by atoms with E-state index in [1.54, 1.807) is 30.5 Å². The van der Waals surface area contributed by atoms with Gasteiger partial charge in [-0.1, -0.05) is 6.07 Å². The van der Waals surface area contributed by atoms with Gasteiger partial charge in [0.1, 0.15) is 12.0 Å². The number of H-pyrrole nitrogens is 1.